The van der Waals surface area contributed by atoms with Gasteiger partial charge in [-0.1, -0.05) is 0 Å². The van der Waals surface area contributed by atoms with Crippen LogP contribution in [-0.4, -0.2) is 37.0 Å². The van der Waals surface area contributed by atoms with Crippen LogP contribution in [-0.2, 0) is 4.74 Å². The van der Waals surface area contributed by atoms with E-state index in [1.165, 1.54) is 0 Å². The first-order valence-electron chi connectivity index (χ1n) is 5.86. The van der Waals surface area contributed by atoms with Gasteiger partial charge in [0.05, 0.1) is 12.0 Å². The number of hydrogen-bond donors (Lipinski definition) is 2. The van der Waals surface area contributed by atoms with Gasteiger partial charge < -0.3 is 15.4 Å². The molecule has 0 radical (unpaired) electrons. The van der Waals surface area contributed by atoms with Crippen molar-refractivity contribution in [3.63, 3.8) is 0 Å². The molecule has 1 saturated heterocycles. The standard InChI is InChI=1S/C11H19F3N2O2/c1-10(2,3)18-9(17)16-8-6-15-5-4-7(8)11(12,13)14/h7-8,15H,4-6H2,1-3H3,(H,16,17)/t7-,8+/m0/s1. The topological polar surface area (TPSA) is 50.4 Å². The average Bonchev–Trinajstić information content (AvgIpc) is 2.13. The van der Waals surface area contributed by atoms with E-state index in [0.717, 1.165) is 0 Å². The van der Waals surface area contributed by atoms with E-state index in [-0.39, 0.29) is 13.0 Å². The Morgan fingerprint density at radius 1 is 1.33 bits per heavy atom. The van der Waals surface area contributed by atoms with Gasteiger partial charge in [0.2, 0.25) is 0 Å². The minimum absolute atomic E-state index is 0.0377. The Hall–Kier alpha value is -0.980. The predicted octanol–water partition coefficient (Wildman–Crippen LogP) is 2.05. The van der Waals surface area contributed by atoms with Crippen LogP contribution >= 0.6 is 0 Å². The highest BCUT2D eigenvalue weighted by molar-refractivity contribution is 5.68. The zero-order chi connectivity index (χ0) is 14.0. The summed E-state index contributed by atoms with van der Waals surface area (Å²) in [5.41, 5.74) is -0.722. The molecule has 0 aromatic heterocycles. The molecule has 0 spiro atoms. The van der Waals surface area contributed by atoms with Crippen LogP contribution in [0.2, 0.25) is 0 Å². The summed E-state index contributed by atoms with van der Waals surface area (Å²) in [6.07, 6.45) is -5.16. The van der Waals surface area contributed by atoms with E-state index in [2.05, 4.69) is 10.6 Å². The smallest absolute Gasteiger partial charge is 0.407 e. The third-order valence-corrected chi connectivity index (χ3v) is 2.60. The van der Waals surface area contributed by atoms with Crippen molar-refractivity contribution in [3.05, 3.63) is 0 Å². The molecule has 2 N–H and O–H groups in total. The number of amides is 1. The van der Waals surface area contributed by atoms with E-state index in [0.29, 0.717) is 6.54 Å². The minimum Gasteiger partial charge on any atom is -0.444 e. The molecular weight excluding hydrogens is 249 g/mol. The van der Waals surface area contributed by atoms with Crippen molar-refractivity contribution in [1.29, 1.82) is 0 Å². The Labute approximate surface area is 104 Å². The van der Waals surface area contributed by atoms with Gasteiger partial charge >= 0.3 is 12.3 Å². The summed E-state index contributed by atoms with van der Waals surface area (Å²) in [6, 6.07) is -0.978. The molecule has 106 valence electrons. The van der Waals surface area contributed by atoms with E-state index in [1.807, 2.05) is 0 Å². The van der Waals surface area contributed by atoms with Crippen LogP contribution in [0.1, 0.15) is 27.2 Å². The normalized spacial score (nSPS) is 25.7. The molecule has 0 unspecified atom stereocenters. The van der Waals surface area contributed by atoms with E-state index in [1.54, 1.807) is 20.8 Å². The molecule has 2 atom stereocenters. The van der Waals surface area contributed by atoms with Crippen LogP contribution < -0.4 is 10.6 Å². The van der Waals surface area contributed by atoms with Crippen molar-refractivity contribution in [2.75, 3.05) is 13.1 Å². The molecule has 0 aromatic rings. The summed E-state index contributed by atoms with van der Waals surface area (Å²) >= 11 is 0. The van der Waals surface area contributed by atoms with Crippen molar-refractivity contribution in [3.8, 4) is 0 Å². The lowest BCUT2D eigenvalue weighted by Gasteiger charge is -2.34. The third kappa shape index (κ3) is 4.72. The van der Waals surface area contributed by atoms with Gasteiger partial charge in [0.15, 0.2) is 0 Å². The highest BCUT2D eigenvalue weighted by atomic mass is 19.4. The lowest BCUT2D eigenvalue weighted by Crippen LogP contribution is -2.55. The first-order valence-corrected chi connectivity index (χ1v) is 5.86. The zero-order valence-corrected chi connectivity index (χ0v) is 10.7. The number of carbonyl (C=O) groups is 1. The summed E-state index contributed by atoms with van der Waals surface area (Å²) < 4.78 is 43.2. The minimum atomic E-state index is -4.30. The average molecular weight is 268 g/mol. The van der Waals surface area contributed by atoms with Crippen LogP contribution in [0.5, 0.6) is 0 Å². The molecule has 1 fully saturated rings. The molecule has 1 rings (SSSR count). The second-order valence-electron chi connectivity index (χ2n) is 5.39. The van der Waals surface area contributed by atoms with Crippen molar-refractivity contribution < 1.29 is 22.7 Å². The van der Waals surface area contributed by atoms with Crippen LogP contribution in [0.3, 0.4) is 0 Å². The number of piperidine rings is 1. The number of alkyl carbamates (subject to hydrolysis) is 1. The van der Waals surface area contributed by atoms with Gasteiger partial charge in [-0.3, -0.25) is 0 Å². The second kappa shape index (κ2) is 5.34. The van der Waals surface area contributed by atoms with E-state index in [9.17, 15) is 18.0 Å². The maximum atomic E-state index is 12.8. The van der Waals surface area contributed by atoms with Gasteiger partial charge in [-0.15, -0.1) is 0 Å². The third-order valence-electron chi connectivity index (χ3n) is 2.60. The van der Waals surface area contributed by atoms with Gasteiger partial charge in [0, 0.05) is 6.54 Å². The molecule has 1 heterocycles. The first kappa shape index (κ1) is 15.1. The lowest BCUT2D eigenvalue weighted by molar-refractivity contribution is -0.186. The fourth-order valence-corrected chi connectivity index (χ4v) is 1.86. The summed E-state index contributed by atoms with van der Waals surface area (Å²) in [4.78, 5) is 11.5. The molecule has 18 heavy (non-hydrogen) atoms. The molecule has 0 aliphatic carbocycles. The Morgan fingerprint density at radius 2 is 1.94 bits per heavy atom. The Bertz CT molecular complexity index is 300. The fourth-order valence-electron chi connectivity index (χ4n) is 1.86. The Balaban J connectivity index is 2.60. The number of alkyl halides is 3. The molecule has 0 saturated carbocycles. The maximum absolute atomic E-state index is 12.8. The van der Waals surface area contributed by atoms with Crippen molar-refractivity contribution in [2.24, 2.45) is 5.92 Å². The number of hydrogen-bond acceptors (Lipinski definition) is 3. The van der Waals surface area contributed by atoms with Crippen LogP contribution in [0.25, 0.3) is 0 Å². The fraction of sp³-hybridized carbons (Fsp3) is 0.909. The molecule has 4 nitrogen and oxygen atoms in total. The summed E-state index contributed by atoms with van der Waals surface area (Å²) in [7, 11) is 0. The lowest BCUT2D eigenvalue weighted by atomic mass is 9.92. The molecule has 7 heteroatoms. The maximum Gasteiger partial charge on any atom is 0.407 e. The van der Waals surface area contributed by atoms with Crippen molar-refractivity contribution in [2.45, 2.75) is 45.0 Å². The summed E-state index contributed by atoms with van der Waals surface area (Å²) in [5, 5.41) is 5.12. The van der Waals surface area contributed by atoms with E-state index >= 15 is 0 Å². The van der Waals surface area contributed by atoms with E-state index in [4.69, 9.17) is 4.74 Å². The van der Waals surface area contributed by atoms with Gasteiger partial charge in [-0.05, 0) is 33.7 Å². The first-order chi connectivity index (χ1) is 8.09. The van der Waals surface area contributed by atoms with Crippen LogP contribution in [0.15, 0.2) is 0 Å². The monoisotopic (exact) mass is 268 g/mol. The van der Waals surface area contributed by atoms with Gasteiger partial charge in [-0.2, -0.15) is 13.2 Å². The Morgan fingerprint density at radius 3 is 2.44 bits per heavy atom. The van der Waals surface area contributed by atoms with Crippen LogP contribution in [0.4, 0.5) is 18.0 Å². The number of nitrogens with one attached hydrogen (secondary N) is 2. The quantitative estimate of drug-likeness (QED) is 0.765. The Kier molecular flexibility index (Phi) is 4.47. The predicted molar refractivity (Wildman–Crippen MR) is 60.2 cm³/mol. The van der Waals surface area contributed by atoms with Crippen LogP contribution in [0, 0.1) is 5.92 Å². The van der Waals surface area contributed by atoms with E-state index < -0.39 is 29.8 Å². The largest absolute Gasteiger partial charge is 0.444 e. The highest BCUT2D eigenvalue weighted by Gasteiger charge is 2.46. The van der Waals surface area contributed by atoms with Crippen molar-refractivity contribution in [1.82, 2.24) is 10.6 Å². The van der Waals surface area contributed by atoms with Gasteiger partial charge in [0.25, 0.3) is 0 Å². The molecule has 0 bridgehead atoms. The molecule has 1 amide bonds. The molecule has 1 aliphatic rings. The van der Waals surface area contributed by atoms with Gasteiger partial charge in [-0.25, -0.2) is 4.79 Å². The zero-order valence-electron chi connectivity index (χ0n) is 10.7. The second-order valence-corrected chi connectivity index (χ2v) is 5.39. The number of carbonyl (C=O) groups excluding carboxylic acids is 1. The SMILES string of the molecule is CC(C)(C)OC(=O)N[C@@H]1CNCC[C@@H]1C(F)(F)F. The van der Waals surface area contributed by atoms with Gasteiger partial charge in [0.1, 0.15) is 5.60 Å². The molecule has 1 aliphatic heterocycles. The number of halogens is 3. The molecular formula is C11H19F3N2O2. The number of ether oxygens (including phenoxy) is 1. The van der Waals surface area contributed by atoms with Crippen molar-refractivity contribution >= 4 is 6.09 Å². The molecule has 0 aromatic carbocycles. The summed E-state index contributed by atoms with van der Waals surface area (Å²) in [5.74, 6) is -1.52. The number of rotatable bonds is 1. The highest BCUT2D eigenvalue weighted by Crippen LogP contribution is 2.32. The summed E-state index contributed by atoms with van der Waals surface area (Å²) in [6.45, 7) is 5.38.